The number of nitrogens with two attached hydrogens (primary N) is 1. The maximum absolute atomic E-state index is 5.96. The van der Waals surface area contributed by atoms with E-state index in [-0.39, 0.29) is 0 Å². The number of nitrogens with zero attached hydrogens (tertiary/aromatic N) is 1. The fourth-order valence-corrected chi connectivity index (χ4v) is 1.97. The van der Waals surface area contributed by atoms with Crippen LogP contribution in [0.15, 0.2) is 18.5 Å². The summed E-state index contributed by atoms with van der Waals surface area (Å²) in [6.45, 7) is 4.03. The summed E-state index contributed by atoms with van der Waals surface area (Å²) in [6, 6.07) is 2.31. The lowest BCUT2D eigenvalue weighted by Crippen LogP contribution is -2.32. The molecule has 0 fully saturated rings. The third-order valence-electron chi connectivity index (χ3n) is 2.99. The molecule has 18 heavy (non-hydrogen) atoms. The van der Waals surface area contributed by atoms with E-state index in [0.717, 1.165) is 50.1 Å². The van der Waals surface area contributed by atoms with Crippen molar-refractivity contribution in [3.05, 3.63) is 24.0 Å². The largest absolute Gasteiger partial charge is 0.398 e. The van der Waals surface area contributed by atoms with Crippen LogP contribution in [0.4, 0.5) is 5.69 Å². The molecule has 0 aliphatic carbocycles. The van der Waals surface area contributed by atoms with Gasteiger partial charge < -0.3 is 15.8 Å². The number of aromatic nitrogens is 1. The summed E-state index contributed by atoms with van der Waals surface area (Å²) in [5.41, 5.74) is 7.92. The maximum Gasteiger partial charge on any atom is 0.0462 e. The Labute approximate surface area is 110 Å². The highest BCUT2D eigenvalue weighted by atomic mass is 16.5. The molecule has 1 unspecified atom stereocenters. The van der Waals surface area contributed by atoms with Gasteiger partial charge in [-0.25, -0.2) is 0 Å². The van der Waals surface area contributed by atoms with Gasteiger partial charge in [-0.15, -0.1) is 0 Å². The fraction of sp³-hybridized carbons (Fsp3) is 0.643. The summed E-state index contributed by atoms with van der Waals surface area (Å²) < 4.78 is 5.11. The molecule has 4 heteroatoms. The number of nitrogens with one attached hydrogen (secondary N) is 1. The number of hydrogen-bond donors (Lipinski definition) is 2. The Kier molecular flexibility index (Phi) is 7.37. The van der Waals surface area contributed by atoms with E-state index in [9.17, 15) is 0 Å². The Bertz CT molecular complexity index is 331. The van der Waals surface area contributed by atoms with Crippen LogP contribution >= 0.6 is 0 Å². The highest BCUT2D eigenvalue weighted by Crippen LogP contribution is 2.13. The van der Waals surface area contributed by atoms with Crippen LogP contribution in [0.1, 0.15) is 31.7 Å². The van der Waals surface area contributed by atoms with Crippen LogP contribution < -0.4 is 11.1 Å². The second-order valence-corrected chi connectivity index (χ2v) is 4.56. The van der Waals surface area contributed by atoms with E-state index in [0.29, 0.717) is 6.04 Å². The topological polar surface area (TPSA) is 60.2 Å². The Morgan fingerprint density at radius 3 is 3.00 bits per heavy atom. The van der Waals surface area contributed by atoms with Gasteiger partial charge in [-0.05, 0) is 43.9 Å². The molecular formula is C14H25N3O. The Balaban J connectivity index is 2.51. The normalized spacial score (nSPS) is 12.6. The van der Waals surface area contributed by atoms with E-state index >= 15 is 0 Å². The van der Waals surface area contributed by atoms with Crippen LogP contribution in [0.25, 0.3) is 0 Å². The van der Waals surface area contributed by atoms with Gasteiger partial charge in [0.25, 0.3) is 0 Å². The van der Waals surface area contributed by atoms with Gasteiger partial charge in [0.15, 0.2) is 0 Å². The van der Waals surface area contributed by atoms with Crippen LogP contribution in [0, 0.1) is 0 Å². The highest BCUT2D eigenvalue weighted by molar-refractivity contribution is 5.44. The first-order valence-corrected chi connectivity index (χ1v) is 6.68. The molecule has 1 atom stereocenters. The minimum atomic E-state index is 0.451. The molecule has 0 saturated carbocycles. The summed E-state index contributed by atoms with van der Waals surface area (Å²) in [4.78, 5) is 4.14. The van der Waals surface area contributed by atoms with Crippen molar-refractivity contribution < 1.29 is 4.74 Å². The molecule has 0 radical (unpaired) electrons. The Morgan fingerprint density at radius 1 is 1.50 bits per heavy atom. The van der Waals surface area contributed by atoms with Crippen molar-refractivity contribution in [2.45, 2.75) is 38.6 Å². The molecule has 1 aromatic heterocycles. The zero-order valence-corrected chi connectivity index (χ0v) is 11.5. The summed E-state index contributed by atoms with van der Waals surface area (Å²) in [6.07, 6.45) is 7.84. The molecule has 0 spiro atoms. The molecule has 0 aliphatic rings. The van der Waals surface area contributed by atoms with Crippen LogP contribution in [0.3, 0.4) is 0 Å². The zero-order valence-electron chi connectivity index (χ0n) is 11.5. The lowest BCUT2D eigenvalue weighted by atomic mass is 10.0. The van der Waals surface area contributed by atoms with Crippen molar-refractivity contribution in [3.8, 4) is 0 Å². The maximum atomic E-state index is 5.96. The van der Waals surface area contributed by atoms with Crippen molar-refractivity contribution in [2.75, 3.05) is 26.0 Å². The lowest BCUT2D eigenvalue weighted by molar-refractivity contribution is 0.188. The number of pyridine rings is 1. The number of anilines is 1. The van der Waals surface area contributed by atoms with E-state index in [1.54, 1.807) is 13.3 Å². The molecule has 0 aromatic carbocycles. The zero-order chi connectivity index (χ0) is 13.2. The minimum absolute atomic E-state index is 0.451. The first-order chi connectivity index (χ1) is 8.77. The molecule has 4 nitrogen and oxygen atoms in total. The van der Waals surface area contributed by atoms with E-state index in [1.807, 2.05) is 12.3 Å². The third-order valence-corrected chi connectivity index (χ3v) is 2.99. The fourth-order valence-electron chi connectivity index (χ4n) is 1.97. The van der Waals surface area contributed by atoms with Crippen molar-refractivity contribution in [1.82, 2.24) is 10.3 Å². The average molecular weight is 251 g/mol. The van der Waals surface area contributed by atoms with Crippen LogP contribution in [0.5, 0.6) is 0 Å². The first-order valence-electron chi connectivity index (χ1n) is 6.68. The molecule has 3 N–H and O–H groups in total. The average Bonchev–Trinajstić information content (AvgIpc) is 2.38. The van der Waals surface area contributed by atoms with Crippen molar-refractivity contribution in [1.29, 1.82) is 0 Å². The molecule has 1 aromatic rings. The SMILES string of the molecule is CCCNC(CCCOC)Cc1cnccc1N. The Morgan fingerprint density at radius 2 is 2.33 bits per heavy atom. The monoisotopic (exact) mass is 251 g/mol. The number of hydrogen-bond acceptors (Lipinski definition) is 4. The van der Waals surface area contributed by atoms with Gasteiger partial charge in [0, 0.05) is 37.8 Å². The van der Waals surface area contributed by atoms with Gasteiger partial charge in [0.2, 0.25) is 0 Å². The van der Waals surface area contributed by atoms with Gasteiger partial charge in [0.05, 0.1) is 0 Å². The summed E-state index contributed by atoms with van der Waals surface area (Å²) >= 11 is 0. The van der Waals surface area contributed by atoms with Gasteiger partial charge in [-0.2, -0.15) is 0 Å². The third kappa shape index (κ3) is 5.47. The standard InChI is InChI=1S/C14H25N3O/c1-3-7-17-13(5-4-9-18-2)10-12-11-16-8-6-14(12)15/h6,8,11,13,17H,3-5,7,9-10H2,1-2H3,(H2,15,16). The van der Waals surface area contributed by atoms with Crippen LogP contribution in [0.2, 0.25) is 0 Å². The van der Waals surface area contributed by atoms with Gasteiger partial charge in [0.1, 0.15) is 0 Å². The predicted molar refractivity (Wildman–Crippen MR) is 75.5 cm³/mol. The summed E-state index contributed by atoms with van der Waals surface area (Å²) in [5, 5.41) is 3.57. The molecule has 0 saturated heterocycles. The van der Waals surface area contributed by atoms with Crippen molar-refractivity contribution >= 4 is 5.69 Å². The van der Waals surface area contributed by atoms with E-state index in [4.69, 9.17) is 10.5 Å². The van der Waals surface area contributed by atoms with Crippen molar-refractivity contribution in [3.63, 3.8) is 0 Å². The molecular weight excluding hydrogens is 226 g/mol. The van der Waals surface area contributed by atoms with E-state index in [1.165, 1.54) is 0 Å². The van der Waals surface area contributed by atoms with E-state index in [2.05, 4.69) is 17.2 Å². The number of ether oxygens (including phenoxy) is 1. The number of nitrogen functional groups attached to an aromatic ring is 1. The second-order valence-electron chi connectivity index (χ2n) is 4.56. The molecule has 1 heterocycles. The smallest absolute Gasteiger partial charge is 0.0462 e. The highest BCUT2D eigenvalue weighted by Gasteiger charge is 2.10. The van der Waals surface area contributed by atoms with Crippen LogP contribution in [-0.4, -0.2) is 31.3 Å². The molecule has 0 bridgehead atoms. The number of methoxy groups -OCH3 is 1. The minimum Gasteiger partial charge on any atom is -0.398 e. The molecule has 102 valence electrons. The van der Waals surface area contributed by atoms with E-state index < -0.39 is 0 Å². The number of rotatable bonds is 9. The second kappa shape index (κ2) is 8.89. The molecule has 0 aliphatic heterocycles. The lowest BCUT2D eigenvalue weighted by Gasteiger charge is -2.19. The Hall–Kier alpha value is -1.13. The molecule has 0 amide bonds. The van der Waals surface area contributed by atoms with Gasteiger partial charge >= 0.3 is 0 Å². The van der Waals surface area contributed by atoms with Crippen molar-refractivity contribution in [2.24, 2.45) is 0 Å². The predicted octanol–water partition coefficient (Wildman–Crippen LogP) is 2.00. The summed E-state index contributed by atoms with van der Waals surface area (Å²) in [5.74, 6) is 0. The van der Waals surface area contributed by atoms with Gasteiger partial charge in [-0.1, -0.05) is 6.92 Å². The van der Waals surface area contributed by atoms with Gasteiger partial charge in [-0.3, -0.25) is 4.98 Å². The summed E-state index contributed by atoms with van der Waals surface area (Å²) in [7, 11) is 1.74. The first kappa shape index (κ1) is 14.9. The quantitative estimate of drug-likeness (QED) is 0.659. The van der Waals surface area contributed by atoms with Crippen LogP contribution in [-0.2, 0) is 11.2 Å². The molecule has 1 rings (SSSR count).